The van der Waals surface area contributed by atoms with Crippen LogP contribution in [-0.4, -0.2) is 90.1 Å². The number of hydrogen-bond donors (Lipinski definition) is 2. The lowest BCUT2D eigenvalue weighted by Gasteiger charge is -2.42. The first-order valence-corrected chi connectivity index (χ1v) is 25.5. The monoisotopic (exact) mass is 1010 g/mol. The predicted molar refractivity (Wildman–Crippen MR) is 279 cm³/mol. The normalized spacial score (nSPS) is 25.7. The number of anilines is 2. The Morgan fingerprint density at radius 2 is 0.987 bits per heavy atom. The molecule has 8 atom stereocenters. The highest BCUT2D eigenvalue weighted by Gasteiger charge is 2.56. The summed E-state index contributed by atoms with van der Waals surface area (Å²) in [5, 5.41) is 5.56. The second-order valence-corrected chi connectivity index (χ2v) is 20.2. The molecule has 0 unspecified atom stereocenters. The number of carbonyl (C=O) groups excluding carboxylic acids is 6. The second-order valence-electron chi connectivity index (χ2n) is 20.2. The highest BCUT2D eigenvalue weighted by molar-refractivity contribution is 6.06. The van der Waals surface area contributed by atoms with Crippen molar-refractivity contribution in [2.45, 2.75) is 109 Å². The van der Waals surface area contributed by atoms with Crippen LogP contribution in [0.25, 0.3) is 0 Å². The van der Waals surface area contributed by atoms with E-state index < -0.39 is 23.0 Å². The van der Waals surface area contributed by atoms with E-state index in [1.807, 2.05) is 72.2 Å². The van der Waals surface area contributed by atoms with Crippen LogP contribution in [0.3, 0.4) is 0 Å². The number of ether oxygens (including phenoxy) is 2. The minimum absolute atomic E-state index is 0. The largest absolute Gasteiger partial charge is 0.455 e. The van der Waals surface area contributed by atoms with E-state index in [0.717, 1.165) is 0 Å². The molecule has 2 fully saturated rings. The summed E-state index contributed by atoms with van der Waals surface area (Å²) in [6, 6.07) is 31.2. The van der Waals surface area contributed by atoms with Gasteiger partial charge in [0.15, 0.2) is 11.6 Å². The van der Waals surface area contributed by atoms with Crippen molar-refractivity contribution in [3.63, 3.8) is 0 Å². The molecule has 2 spiro atoms. The van der Waals surface area contributed by atoms with Crippen molar-refractivity contribution >= 4 is 46.8 Å². The Morgan fingerprint density at radius 1 is 0.587 bits per heavy atom. The zero-order chi connectivity index (χ0) is 51.5. The molecule has 0 radical (unpaired) electrons. The molecule has 2 saturated heterocycles. The van der Waals surface area contributed by atoms with Crippen molar-refractivity contribution in [3.05, 3.63) is 166 Å². The van der Waals surface area contributed by atoms with Gasteiger partial charge in [0.05, 0.1) is 0 Å². The maximum Gasteiger partial charge on any atom is 0.275 e. The third-order valence-corrected chi connectivity index (χ3v) is 16.1. The SMILES string of the molecule is C.CCN1C(=O)[C@@H](CC(=O)c2cnc3c(c2)C[C@@]2(O3)C(=O)Nc3ncccc32)C[C@@H](c2ccccc2)[C@H]1C.CCN1C(=O)[C@@H](CC(=O)c2cnc3c(c2)C[C@]2(O3)C(=O)Nc3ncccc32)C[C@@H](c2ccccc2)[C@H]1C. The fourth-order valence-electron chi connectivity index (χ4n) is 12.2. The van der Waals surface area contributed by atoms with E-state index in [9.17, 15) is 28.8 Å². The van der Waals surface area contributed by atoms with Crippen molar-refractivity contribution in [1.82, 2.24) is 29.7 Å². The number of likely N-dealkylation sites (N-methyl/N-ethyl adjacent to an activating group) is 2. The standard InChI is InChI=1S/2C29H28N4O4.CH4/c2*1-3-33-17(2)22(18-8-5-4-6-9-18)13-19(27(33)35)14-24(34)21-12-20-15-29(37-26(20)31-16-21)23-10-7-11-30-25(23)32-28(29)36;/h2*4-12,16-17,19,22H,3,13-15H2,1-2H3,(H,30,32,36);1H4/t17-,19-,22-,29+;17-,19-,22-,29-;/m11./s1. The molecule has 75 heavy (non-hydrogen) atoms. The van der Waals surface area contributed by atoms with Gasteiger partial charge in [-0.1, -0.05) is 68.1 Å². The molecule has 12 rings (SSSR count). The number of benzene rings is 2. The van der Waals surface area contributed by atoms with Crippen molar-refractivity contribution in [2.24, 2.45) is 11.8 Å². The van der Waals surface area contributed by atoms with Crippen LogP contribution in [0.15, 0.2) is 122 Å². The number of nitrogens with zero attached hydrogens (tertiary/aromatic N) is 6. The first-order chi connectivity index (χ1) is 35.8. The third-order valence-electron chi connectivity index (χ3n) is 16.1. The van der Waals surface area contributed by atoms with Gasteiger partial charge in [0.2, 0.25) is 34.8 Å². The fourth-order valence-corrected chi connectivity index (χ4v) is 12.2. The van der Waals surface area contributed by atoms with Gasteiger partial charge in [-0.25, -0.2) is 19.9 Å². The topological polar surface area (TPSA) is 203 Å². The first-order valence-electron chi connectivity index (χ1n) is 25.5. The second kappa shape index (κ2) is 19.9. The Hall–Kier alpha value is -8.14. The van der Waals surface area contributed by atoms with Crippen molar-refractivity contribution in [2.75, 3.05) is 23.7 Å². The highest BCUT2D eigenvalue weighted by atomic mass is 16.5. The van der Waals surface area contributed by atoms with Crippen LogP contribution in [0.4, 0.5) is 11.6 Å². The molecular weight excluding hydrogens is 949 g/mol. The number of likely N-dealkylation sites (tertiary alicyclic amines) is 2. The van der Waals surface area contributed by atoms with Gasteiger partial charge in [-0.2, -0.15) is 0 Å². The molecule has 4 aromatic heterocycles. The lowest BCUT2D eigenvalue weighted by atomic mass is 9.77. The van der Waals surface area contributed by atoms with Gasteiger partial charge < -0.3 is 29.9 Å². The number of fused-ring (bicyclic) bond motifs is 6. The number of piperidine rings is 2. The minimum atomic E-state index is -1.22. The van der Waals surface area contributed by atoms with E-state index >= 15 is 0 Å². The van der Waals surface area contributed by atoms with Gasteiger partial charge in [-0.3, -0.25) is 28.8 Å². The van der Waals surface area contributed by atoms with E-state index in [0.29, 0.717) is 82.7 Å². The molecule has 6 aromatic rings. The van der Waals surface area contributed by atoms with Gasteiger partial charge in [0.1, 0.15) is 11.6 Å². The molecule has 4 amide bonds. The lowest BCUT2D eigenvalue weighted by molar-refractivity contribution is -0.142. The summed E-state index contributed by atoms with van der Waals surface area (Å²) in [7, 11) is 0. The number of amides is 4. The van der Waals surface area contributed by atoms with Gasteiger partial charge in [0.25, 0.3) is 11.8 Å². The Labute approximate surface area is 435 Å². The maximum atomic E-state index is 13.4. The number of nitrogens with one attached hydrogen (secondary N) is 2. The van der Waals surface area contributed by atoms with Gasteiger partial charge in [-0.15, -0.1) is 0 Å². The van der Waals surface area contributed by atoms with Crippen LogP contribution in [0.1, 0.15) is 127 Å². The van der Waals surface area contributed by atoms with Crippen LogP contribution in [0.2, 0.25) is 0 Å². The summed E-state index contributed by atoms with van der Waals surface area (Å²) in [5.74, 6) is 0.375. The molecule has 0 aliphatic carbocycles. The zero-order valence-electron chi connectivity index (χ0n) is 41.6. The molecule has 2 N–H and O–H groups in total. The molecule has 0 saturated carbocycles. The number of ketones is 2. The van der Waals surface area contributed by atoms with E-state index in [4.69, 9.17) is 9.47 Å². The van der Waals surface area contributed by atoms with E-state index in [1.54, 1.807) is 36.7 Å². The average Bonchev–Trinajstić information content (AvgIpc) is 4.15. The van der Waals surface area contributed by atoms with Gasteiger partial charge in [-0.05, 0) is 88.1 Å². The fraction of sp³-hybridized carbons (Fsp3) is 0.356. The zero-order valence-corrected chi connectivity index (χ0v) is 41.6. The molecular formula is C59H60N8O8. The minimum Gasteiger partial charge on any atom is -0.455 e. The smallest absolute Gasteiger partial charge is 0.275 e. The van der Waals surface area contributed by atoms with Crippen LogP contribution >= 0.6 is 0 Å². The summed E-state index contributed by atoms with van der Waals surface area (Å²) < 4.78 is 12.1. The predicted octanol–water partition coefficient (Wildman–Crippen LogP) is 8.38. The highest BCUT2D eigenvalue weighted by Crippen LogP contribution is 2.49. The average molecular weight is 1010 g/mol. The number of aromatic nitrogens is 4. The van der Waals surface area contributed by atoms with Crippen LogP contribution in [0, 0.1) is 11.8 Å². The number of carbonyl (C=O) groups is 6. The summed E-state index contributed by atoms with van der Waals surface area (Å²) in [6.45, 7) is 9.34. The van der Waals surface area contributed by atoms with Crippen molar-refractivity contribution in [1.29, 1.82) is 0 Å². The summed E-state index contributed by atoms with van der Waals surface area (Å²) in [6.07, 6.45) is 8.22. The first kappa shape index (κ1) is 50.4. The lowest BCUT2D eigenvalue weighted by Crippen LogP contribution is -2.50. The van der Waals surface area contributed by atoms with Crippen LogP contribution in [0.5, 0.6) is 11.8 Å². The van der Waals surface area contributed by atoms with Crippen LogP contribution in [-0.2, 0) is 43.2 Å². The Balaban J connectivity index is 0.000000169. The molecule has 10 heterocycles. The van der Waals surface area contributed by atoms with Gasteiger partial charge in [0, 0.05) is 133 Å². The molecule has 0 bridgehead atoms. The van der Waals surface area contributed by atoms with Gasteiger partial charge >= 0.3 is 0 Å². The molecule has 2 aromatic carbocycles. The molecule has 6 aliphatic rings. The Bertz CT molecular complexity index is 3030. The quantitative estimate of drug-likeness (QED) is 0.124. The molecule has 16 heteroatoms. The number of hydrogen-bond acceptors (Lipinski definition) is 12. The molecule has 16 nitrogen and oxygen atoms in total. The maximum absolute atomic E-state index is 13.4. The number of Topliss-reactive ketones (excluding diaryl/α,β-unsaturated/α-hetero) is 2. The van der Waals surface area contributed by atoms with E-state index in [-0.39, 0.29) is 92.2 Å². The van der Waals surface area contributed by atoms with Crippen LogP contribution < -0.4 is 20.1 Å². The number of pyridine rings is 4. The van der Waals surface area contributed by atoms with E-state index in [1.165, 1.54) is 23.5 Å². The summed E-state index contributed by atoms with van der Waals surface area (Å²) in [4.78, 5) is 100. The summed E-state index contributed by atoms with van der Waals surface area (Å²) >= 11 is 0. The molecule has 6 aliphatic heterocycles. The summed E-state index contributed by atoms with van der Waals surface area (Å²) in [5.41, 5.74) is 3.50. The third kappa shape index (κ3) is 8.68. The van der Waals surface area contributed by atoms with Crippen molar-refractivity contribution in [3.8, 4) is 11.8 Å². The Kier molecular flexibility index (Phi) is 13.4. The number of rotatable bonds is 10. The van der Waals surface area contributed by atoms with E-state index in [2.05, 4.69) is 68.7 Å². The molecule has 384 valence electrons. The Morgan fingerprint density at radius 3 is 1.37 bits per heavy atom. The van der Waals surface area contributed by atoms with Crippen molar-refractivity contribution < 1.29 is 38.2 Å².